The molecule has 1 aromatic carbocycles. The van der Waals surface area contributed by atoms with Crippen molar-refractivity contribution in [1.29, 1.82) is 0 Å². The van der Waals surface area contributed by atoms with Gasteiger partial charge in [0.2, 0.25) is 5.91 Å². The topological polar surface area (TPSA) is 64.3 Å². The molecule has 0 heterocycles. The summed E-state index contributed by atoms with van der Waals surface area (Å²) in [4.78, 5) is 12.2. The van der Waals surface area contributed by atoms with Crippen LogP contribution in [0.1, 0.15) is 40.2 Å². The molecule has 0 aliphatic heterocycles. The second-order valence-electron chi connectivity index (χ2n) is 6.85. The predicted molar refractivity (Wildman–Crippen MR) is 98.2 cm³/mol. The van der Waals surface area contributed by atoms with Gasteiger partial charge in [0.15, 0.2) is 0 Å². The van der Waals surface area contributed by atoms with Gasteiger partial charge in [0.25, 0.3) is 0 Å². The van der Waals surface area contributed by atoms with E-state index in [1.807, 2.05) is 31.2 Å². The van der Waals surface area contributed by atoms with Crippen molar-refractivity contribution in [2.45, 2.75) is 46.6 Å². The van der Waals surface area contributed by atoms with E-state index in [9.17, 15) is 4.79 Å². The molecule has 3 N–H and O–H groups in total. The largest absolute Gasteiger partial charge is 0.493 e. The van der Waals surface area contributed by atoms with Gasteiger partial charge in [-0.2, -0.15) is 0 Å². The van der Waals surface area contributed by atoms with Crippen LogP contribution >= 0.6 is 12.4 Å². The lowest BCUT2D eigenvalue weighted by Gasteiger charge is -2.33. The van der Waals surface area contributed by atoms with Crippen LogP contribution in [-0.4, -0.2) is 24.6 Å². The Balaban J connectivity index is 0.00000484. The number of carbonyl (C=O) groups is 1. The fourth-order valence-electron chi connectivity index (χ4n) is 1.95. The van der Waals surface area contributed by atoms with E-state index in [1.54, 1.807) is 0 Å². The van der Waals surface area contributed by atoms with Crippen LogP contribution in [0, 0.1) is 11.8 Å². The summed E-state index contributed by atoms with van der Waals surface area (Å²) in [5, 5.41) is 3.05. The van der Waals surface area contributed by atoms with Gasteiger partial charge < -0.3 is 15.8 Å². The van der Waals surface area contributed by atoms with Crippen LogP contribution in [0.15, 0.2) is 24.3 Å². The number of amides is 1. The normalized spacial score (nSPS) is 13.4. The van der Waals surface area contributed by atoms with Gasteiger partial charge in [-0.1, -0.05) is 39.8 Å². The first kappa shape index (κ1) is 21.7. The molecular weight excluding hydrogens is 312 g/mol. The van der Waals surface area contributed by atoms with Crippen molar-refractivity contribution in [1.82, 2.24) is 5.32 Å². The number of carbonyl (C=O) groups excluding carboxylic acids is 1. The first-order valence-electron chi connectivity index (χ1n) is 7.99. The minimum atomic E-state index is -0.364. The van der Waals surface area contributed by atoms with E-state index in [4.69, 9.17) is 10.5 Å². The third-order valence-corrected chi connectivity index (χ3v) is 3.99. The van der Waals surface area contributed by atoms with Gasteiger partial charge in [-0.3, -0.25) is 4.79 Å². The molecule has 0 spiro atoms. The lowest BCUT2D eigenvalue weighted by molar-refractivity contribution is -0.122. The zero-order valence-corrected chi connectivity index (χ0v) is 15.7. The van der Waals surface area contributed by atoms with Gasteiger partial charge in [0, 0.05) is 6.54 Å². The van der Waals surface area contributed by atoms with Crippen LogP contribution in [0.5, 0.6) is 5.75 Å². The predicted octanol–water partition coefficient (Wildman–Crippen LogP) is 3.18. The van der Waals surface area contributed by atoms with E-state index in [0.29, 0.717) is 25.5 Å². The van der Waals surface area contributed by atoms with Gasteiger partial charge in [0.05, 0.1) is 18.6 Å². The molecule has 1 rings (SSSR count). The van der Waals surface area contributed by atoms with Crippen LogP contribution in [0.4, 0.5) is 0 Å². The molecular formula is C18H31ClN2O2. The molecule has 0 fully saturated rings. The van der Waals surface area contributed by atoms with Crippen molar-refractivity contribution in [3.8, 4) is 5.75 Å². The van der Waals surface area contributed by atoms with Crippen LogP contribution < -0.4 is 15.8 Å². The average Bonchev–Trinajstić information content (AvgIpc) is 2.46. The Bertz CT molecular complexity index is 474. The maximum atomic E-state index is 12.2. The Labute approximate surface area is 146 Å². The minimum absolute atomic E-state index is 0. The lowest BCUT2D eigenvalue weighted by atomic mass is 9.88. The first-order valence-corrected chi connectivity index (χ1v) is 7.99. The molecule has 1 amide bonds. The Kier molecular flexibility index (Phi) is 9.25. The summed E-state index contributed by atoms with van der Waals surface area (Å²) < 4.78 is 5.64. The quantitative estimate of drug-likeness (QED) is 0.762. The maximum absolute atomic E-state index is 12.2. The summed E-state index contributed by atoms with van der Waals surface area (Å²) in [7, 11) is 0. The smallest absolute Gasteiger partial charge is 0.224 e. The summed E-state index contributed by atoms with van der Waals surface area (Å²) in [5.74, 6) is 1.62. The van der Waals surface area contributed by atoms with E-state index in [1.165, 1.54) is 0 Å². The van der Waals surface area contributed by atoms with Crippen molar-refractivity contribution in [2.24, 2.45) is 17.6 Å². The van der Waals surface area contributed by atoms with Crippen molar-refractivity contribution in [2.75, 3.05) is 13.2 Å². The highest BCUT2D eigenvalue weighted by molar-refractivity contribution is 5.85. The molecule has 0 saturated carbocycles. The third-order valence-electron chi connectivity index (χ3n) is 3.99. The Morgan fingerprint density at radius 2 is 1.78 bits per heavy atom. The Hall–Kier alpha value is -1.26. The molecule has 0 aliphatic rings. The summed E-state index contributed by atoms with van der Waals surface area (Å²) in [6, 6.07) is 7.69. The highest BCUT2D eigenvalue weighted by Crippen LogP contribution is 2.16. The number of halogens is 1. The fraction of sp³-hybridized carbons (Fsp3) is 0.611. The molecule has 0 radical (unpaired) electrons. The fourth-order valence-corrected chi connectivity index (χ4v) is 1.95. The number of ether oxygens (including phenoxy) is 1. The first-order chi connectivity index (χ1) is 10.3. The second kappa shape index (κ2) is 9.78. The van der Waals surface area contributed by atoms with Crippen LogP contribution in [0.2, 0.25) is 0 Å². The standard InChI is InChI=1S/C18H30N2O2.ClH/c1-13(2)11-22-16-8-6-15(7-9-16)10-17(21)20-18(5,12-19)14(3)4;/h6-9,13-14H,10-12,19H2,1-5H3,(H,20,21);1H. The number of benzene rings is 1. The summed E-state index contributed by atoms with van der Waals surface area (Å²) >= 11 is 0. The third kappa shape index (κ3) is 7.23. The van der Waals surface area contributed by atoms with E-state index in [0.717, 1.165) is 11.3 Å². The molecule has 1 unspecified atom stereocenters. The maximum Gasteiger partial charge on any atom is 0.224 e. The van der Waals surface area contributed by atoms with E-state index in [2.05, 4.69) is 33.0 Å². The number of hydrogen-bond acceptors (Lipinski definition) is 3. The molecule has 0 aromatic heterocycles. The highest BCUT2D eigenvalue weighted by Gasteiger charge is 2.28. The number of nitrogens with one attached hydrogen (secondary N) is 1. The second-order valence-corrected chi connectivity index (χ2v) is 6.85. The van der Waals surface area contributed by atoms with E-state index in [-0.39, 0.29) is 29.8 Å². The van der Waals surface area contributed by atoms with E-state index < -0.39 is 0 Å². The molecule has 5 heteroatoms. The lowest BCUT2D eigenvalue weighted by Crippen LogP contribution is -2.55. The SMILES string of the molecule is CC(C)COc1ccc(CC(=O)NC(C)(CN)C(C)C)cc1.Cl. The molecule has 0 bridgehead atoms. The molecule has 0 aliphatic carbocycles. The van der Waals surface area contributed by atoms with Gasteiger partial charge in [-0.05, 0) is 36.5 Å². The zero-order valence-electron chi connectivity index (χ0n) is 14.9. The molecule has 1 atom stereocenters. The number of nitrogens with two attached hydrogens (primary N) is 1. The number of hydrogen-bond donors (Lipinski definition) is 2. The molecule has 132 valence electrons. The molecule has 4 nitrogen and oxygen atoms in total. The Morgan fingerprint density at radius 1 is 1.22 bits per heavy atom. The van der Waals surface area contributed by atoms with Gasteiger partial charge in [0.1, 0.15) is 5.75 Å². The van der Waals surface area contributed by atoms with Gasteiger partial charge in [-0.25, -0.2) is 0 Å². The highest BCUT2D eigenvalue weighted by atomic mass is 35.5. The van der Waals surface area contributed by atoms with Gasteiger partial charge in [-0.15, -0.1) is 12.4 Å². The van der Waals surface area contributed by atoms with Crippen LogP contribution in [-0.2, 0) is 11.2 Å². The number of rotatable bonds is 8. The summed E-state index contributed by atoms with van der Waals surface area (Å²) in [6.07, 6.45) is 0.354. The van der Waals surface area contributed by atoms with Crippen molar-refractivity contribution < 1.29 is 9.53 Å². The molecule has 0 saturated heterocycles. The van der Waals surface area contributed by atoms with Crippen LogP contribution in [0.3, 0.4) is 0 Å². The monoisotopic (exact) mass is 342 g/mol. The zero-order chi connectivity index (χ0) is 16.8. The Morgan fingerprint density at radius 3 is 2.22 bits per heavy atom. The molecule has 1 aromatic rings. The minimum Gasteiger partial charge on any atom is -0.493 e. The van der Waals surface area contributed by atoms with Crippen LogP contribution in [0.25, 0.3) is 0 Å². The van der Waals surface area contributed by atoms with E-state index >= 15 is 0 Å². The van der Waals surface area contributed by atoms with Gasteiger partial charge >= 0.3 is 0 Å². The summed E-state index contributed by atoms with van der Waals surface area (Å²) in [5.41, 5.74) is 6.40. The van der Waals surface area contributed by atoms with Crippen molar-refractivity contribution in [3.05, 3.63) is 29.8 Å². The summed E-state index contributed by atoms with van der Waals surface area (Å²) in [6.45, 7) is 11.5. The average molecular weight is 343 g/mol. The van der Waals surface area contributed by atoms with Crippen molar-refractivity contribution >= 4 is 18.3 Å². The molecule has 23 heavy (non-hydrogen) atoms. The van der Waals surface area contributed by atoms with Crippen molar-refractivity contribution in [3.63, 3.8) is 0 Å².